The van der Waals surface area contributed by atoms with Crippen LogP contribution in [-0.2, 0) is 9.53 Å². The number of hydrogen-bond acceptors (Lipinski definition) is 3. The minimum Gasteiger partial charge on any atom is -0.376 e. The number of benzene rings is 1. The number of aryl methyl sites for hydroxylation is 2. The van der Waals surface area contributed by atoms with Crippen LogP contribution in [-0.4, -0.2) is 30.9 Å². The van der Waals surface area contributed by atoms with Gasteiger partial charge in [0.2, 0.25) is 5.91 Å². The SMILES string of the molecule is Cc1cc(SCC(=O)NC[C@@H]2CCCO2)c(C)cc1Br. The van der Waals surface area contributed by atoms with E-state index in [-0.39, 0.29) is 12.0 Å². The predicted molar refractivity (Wildman–Crippen MR) is 86.3 cm³/mol. The molecule has 1 fully saturated rings. The average molecular weight is 358 g/mol. The van der Waals surface area contributed by atoms with Crippen molar-refractivity contribution in [2.75, 3.05) is 18.9 Å². The molecular formula is C15H20BrNO2S. The molecule has 5 heteroatoms. The molecule has 1 aliphatic rings. The van der Waals surface area contributed by atoms with Crippen LogP contribution in [0.3, 0.4) is 0 Å². The first-order valence-electron chi connectivity index (χ1n) is 6.84. The van der Waals surface area contributed by atoms with Gasteiger partial charge in [-0.05, 0) is 49.9 Å². The summed E-state index contributed by atoms with van der Waals surface area (Å²) in [6.45, 7) is 5.59. The number of ether oxygens (including phenoxy) is 1. The van der Waals surface area contributed by atoms with Crippen molar-refractivity contribution in [3.05, 3.63) is 27.7 Å². The van der Waals surface area contributed by atoms with E-state index in [1.54, 1.807) is 11.8 Å². The lowest BCUT2D eigenvalue weighted by Gasteiger charge is -2.11. The third-order valence-corrected chi connectivity index (χ3v) is 5.38. The lowest BCUT2D eigenvalue weighted by Crippen LogP contribution is -2.32. The Kier molecular flexibility index (Phi) is 5.93. The number of nitrogens with one attached hydrogen (secondary N) is 1. The van der Waals surface area contributed by atoms with Gasteiger partial charge < -0.3 is 10.1 Å². The second-order valence-corrected chi connectivity index (χ2v) is 6.97. The van der Waals surface area contributed by atoms with Crippen molar-refractivity contribution in [2.24, 2.45) is 0 Å². The highest BCUT2D eigenvalue weighted by molar-refractivity contribution is 9.10. The summed E-state index contributed by atoms with van der Waals surface area (Å²) in [7, 11) is 0. The third kappa shape index (κ3) is 4.50. The maximum atomic E-state index is 11.8. The van der Waals surface area contributed by atoms with E-state index in [2.05, 4.69) is 47.2 Å². The Labute approximate surface area is 133 Å². The zero-order chi connectivity index (χ0) is 14.5. The van der Waals surface area contributed by atoms with Crippen LogP contribution < -0.4 is 5.32 Å². The van der Waals surface area contributed by atoms with E-state index in [1.807, 2.05) is 0 Å². The molecule has 1 amide bonds. The Morgan fingerprint density at radius 2 is 2.25 bits per heavy atom. The molecule has 1 heterocycles. The van der Waals surface area contributed by atoms with E-state index in [1.165, 1.54) is 11.1 Å². The van der Waals surface area contributed by atoms with E-state index in [4.69, 9.17) is 4.74 Å². The Hall–Kier alpha value is -0.520. The summed E-state index contributed by atoms with van der Waals surface area (Å²) < 4.78 is 6.60. The average Bonchev–Trinajstić information content (AvgIpc) is 2.92. The van der Waals surface area contributed by atoms with Crippen molar-refractivity contribution < 1.29 is 9.53 Å². The van der Waals surface area contributed by atoms with Crippen molar-refractivity contribution in [3.63, 3.8) is 0 Å². The fourth-order valence-corrected chi connectivity index (χ4v) is 3.53. The fourth-order valence-electron chi connectivity index (χ4n) is 2.14. The van der Waals surface area contributed by atoms with Crippen molar-refractivity contribution in [3.8, 4) is 0 Å². The van der Waals surface area contributed by atoms with Crippen molar-refractivity contribution >= 4 is 33.6 Å². The van der Waals surface area contributed by atoms with Crippen LogP contribution in [0.2, 0.25) is 0 Å². The third-order valence-electron chi connectivity index (χ3n) is 3.37. The summed E-state index contributed by atoms with van der Waals surface area (Å²) >= 11 is 5.11. The largest absolute Gasteiger partial charge is 0.376 e. The Balaban J connectivity index is 1.79. The molecule has 0 aliphatic carbocycles. The predicted octanol–water partition coefficient (Wildman–Crippen LogP) is 3.45. The summed E-state index contributed by atoms with van der Waals surface area (Å²) in [6.07, 6.45) is 2.37. The maximum Gasteiger partial charge on any atom is 0.230 e. The van der Waals surface area contributed by atoms with Crippen LogP contribution >= 0.6 is 27.7 Å². The van der Waals surface area contributed by atoms with Gasteiger partial charge in [-0.3, -0.25) is 4.79 Å². The molecule has 1 aromatic carbocycles. The Morgan fingerprint density at radius 3 is 2.95 bits per heavy atom. The number of amides is 1. The first kappa shape index (κ1) is 15.9. The molecule has 0 aromatic heterocycles. The number of carbonyl (C=O) groups excluding carboxylic acids is 1. The van der Waals surface area contributed by atoms with Crippen molar-refractivity contribution in [2.45, 2.75) is 37.7 Å². The summed E-state index contributed by atoms with van der Waals surface area (Å²) in [5.74, 6) is 0.528. The molecule has 0 radical (unpaired) electrons. The molecule has 0 saturated carbocycles. The van der Waals surface area contributed by atoms with Gasteiger partial charge in [0.1, 0.15) is 0 Å². The summed E-state index contributed by atoms with van der Waals surface area (Å²) in [4.78, 5) is 13.0. The molecule has 1 N–H and O–H groups in total. The van der Waals surface area contributed by atoms with Gasteiger partial charge in [0.25, 0.3) is 0 Å². The van der Waals surface area contributed by atoms with Gasteiger partial charge in [0.05, 0.1) is 11.9 Å². The highest BCUT2D eigenvalue weighted by Crippen LogP contribution is 2.28. The fraction of sp³-hybridized carbons (Fsp3) is 0.533. The van der Waals surface area contributed by atoms with Crippen LogP contribution in [0.4, 0.5) is 0 Å². The van der Waals surface area contributed by atoms with Crippen molar-refractivity contribution in [1.29, 1.82) is 0 Å². The Bertz CT molecular complexity index is 487. The molecule has 1 saturated heterocycles. The zero-order valence-corrected chi connectivity index (χ0v) is 14.3. The summed E-state index contributed by atoms with van der Waals surface area (Å²) in [5.41, 5.74) is 2.39. The van der Waals surface area contributed by atoms with Crippen LogP contribution in [0, 0.1) is 13.8 Å². The number of halogens is 1. The first-order chi connectivity index (χ1) is 9.56. The molecule has 0 bridgehead atoms. The van der Waals surface area contributed by atoms with Gasteiger partial charge in [-0.15, -0.1) is 11.8 Å². The normalized spacial score (nSPS) is 18.2. The van der Waals surface area contributed by atoms with E-state index < -0.39 is 0 Å². The monoisotopic (exact) mass is 357 g/mol. The molecule has 2 rings (SSSR count). The zero-order valence-electron chi connectivity index (χ0n) is 11.9. The van der Waals surface area contributed by atoms with Crippen molar-refractivity contribution in [1.82, 2.24) is 5.32 Å². The van der Waals surface area contributed by atoms with Gasteiger partial charge in [-0.25, -0.2) is 0 Å². The van der Waals surface area contributed by atoms with Crippen LogP contribution in [0.5, 0.6) is 0 Å². The van der Waals surface area contributed by atoms with E-state index in [9.17, 15) is 4.79 Å². The maximum absolute atomic E-state index is 11.8. The number of thioether (sulfide) groups is 1. The molecule has 1 aromatic rings. The summed E-state index contributed by atoms with van der Waals surface area (Å²) in [5, 5.41) is 2.95. The smallest absolute Gasteiger partial charge is 0.230 e. The van der Waals surface area contributed by atoms with Gasteiger partial charge in [-0.2, -0.15) is 0 Å². The highest BCUT2D eigenvalue weighted by Gasteiger charge is 2.16. The second-order valence-electron chi connectivity index (χ2n) is 5.09. The minimum absolute atomic E-state index is 0.0745. The van der Waals surface area contributed by atoms with Gasteiger partial charge >= 0.3 is 0 Å². The number of hydrogen-bond donors (Lipinski definition) is 1. The molecule has 1 aliphatic heterocycles. The quantitative estimate of drug-likeness (QED) is 0.820. The minimum atomic E-state index is 0.0745. The van der Waals surface area contributed by atoms with E-state index in [0.29, 0.717) is 12.3 Å². The first-order valence-corrected chi connectivity index (χ1v) is 8.62. The second kappa shape index (κ2) is 7.48. The highest BCUT2D eigenvalue weighted by atomic mass is 79.9. The Morgan fingerprint density at radius 1 is 1.45 bits per heavy atom. The molecule has 0 unspecified atom stereocenters. The number of carbonyl (C=O) groups is 1. The van der Waals surface area contributed by atoms with Gasteiger partial charge in [0, 0.05) is 22.5 Å². The molecule has 1 atom stereocenters. The van der Waals surface area contributed by atoms with Gasteiger partial charge in [-0.1, -0.05) is 15.9 Å². The van der Waals surface area contributed by atoms with E-state index >= 15 is 0 Å². The van der Waals surface area contributed by atoms with E-state index in [0.717, 1.165) is 28.8 Å². The molecule has 20 heavy (non-hydrogen) atoms. The lowest BCUT2D eigenvalue weighted by atomic mass is 10.2. The van der Waals surface area contributed by atoms with Crippen LogP contribution in [0.15, 0.2) is 21.5 Å². The topological polar surface area (TPSA) is 38.3 Å². The molecular weight excluding hydrogens is 338 g/mol. The lowest BCUT2D eigenvalue weighted by molar-refractivity contribution is -0.119. The molecule has 110 valence electrons. The van der Waals surface area contributed by atoms with Crippen LogP contribution in [0.1, 0.15) is 24.0 Å². The summed E-state index contributed by atoms with van der Waals surface area (Å²) in [6, 6.07) is 4.22. The molecule has 3 nitrogen and oxygen atoms in total. The van der Waals surface area contributed by atoms with Crippen LogP contribution in [0.25, 0.3) is 0 Å². The molecule has 0 spiro atoms. The van der Waals surface area contributed by atoms with Gasteiger partial charge in [0.15, 0.2) is 0 Å². The number of rotatable bonds is 5. The standard InChI is InChI=1S/C15H20BrNO2S/c1-10-7-14(11(2)6-13(10)16)20-9-15(18)17-8-12-4-3-5-19-12/h6-7,12H,3-5,8-9H2,1-2H3,(H,17,18)/t12-/m0/s1.